The molecule has 3 heterocycles. The average molecular weight is 390 g/mol. The molecular formula is C20H30N4O4. The van der Waals surface area contributed by atoms with Crippen molar-refractivity contribution >= 4 is 11.8 Å². The van der Waals surface area contributed by atoms with E-state index in [9.17, 15) is 14.7 Å². The van der Waals surface area contributed by atoms with Crippen molar-refractivity contribution in [2.24, 2.45) is 5.92 Å². The molecule has 2 N–H and O–H groups in total. The van der Waals surface area contributed by atoms with Crippen molar-refractivity contribution in [3.63, 3.8) is 0 Å². The van der Waals surface area contributed by atoms with Gasteiger partial charge >= 0.3 is 0 Å². The number of amides is 2. The van der Waals surface area contributed by atoms with E-state index in [-0.39, 0.29) is 24.3 Å². The van der Waals surface area contributed by atoms with Crippen LogP contribution >= 0.6 is 0 Å². The number of hydrogen-bond acceptors (Lipinski definition) is 5. The fraction of sp³-hybridized carbons (Fsp3) is 0.750. The lowest BCUT2D eigenvalue weighted by atomic mass is 9.72. The van der Waals surface area contributed by atoms with E-state index in [0.717, 1.165) is 19.3 Å². The Hall–Kier alpha value is -1.93. The summed E-state index contributed by atoms with van der Waals surface area (Å²) in [5.74, 6) is 0.264. The zero-order valence-corrected chi connectivity index (χ0v) is 16.5. The SMILES string of the molecule is C[C@@]1(NC(=O)Cn2cccn2)CCOC2(CCN(C(=O)C3CCC3)CC2)[C@H]1O. The minimum atomic E-state index is -0.823. The van der Waals surface area contributed by atoms with E-state index in [4.69, 9.17) is 4.74 Å². The molecule has 2 amide bonds. The van der Waals surface area contributed by atoms with Crippen LogP contribution in [0.5, 0.6) is 0 Å². The first-order valence-electron chi connectivity index (χ1n) is 10.3. The molecule has 1 aromatic heterocycles. The van der Waals surface area contributed by atoms with Crippen LogP contribution in [0.25, 0.3) is 0 Å². The number of ether oxygens (including phenoxy) is 1. The third kappa shape index (κ3) is 3.55. The lowest BCUT2D eigenvalue weighted by Gasteiger charge is -2.53. The van der Waals surface area contributed by atoms with Gasteiger partial charge in [0.15, 0.2) is 0 Å². The fourth-order valence-electron chi connectivity index (χ4n) is 4.73. The zero-order chi connectivity index (χ0) is 19.8. The van der Waals surface area contributed by atoms with E-state index in [1.54, 1.807) is 23.1 Å². The van der Waals surface area contributed by atoms with Gasteiger partial charge in [0.2, 0.25) is 11.8 Å². The highest BCUT2D eigenvalue weighted by atomic mass is 16.5. The second-order valence-electron chi connectivity index (χ2n) is 8.69. The molecule has 2 saturated heterocycles. The maximum atomic E-state index is 12.5. The van der Waals surface area contributed by atoms with Crippen molar-refractivity contribution in [3.8, 4) is 0 Å². The highest BCUT2D eigenvalue weighted by Gasteiger charge is 2.54. The van der Waals surface area contributed by atoms with Crippen molar-refractivity contribution in [2.45, 2.75) is 69.2 Å². The largest absolute Gasteiger partial charge is 0.388 e. The Labute approximate surface area is 165 Å². The molecule has 1 aromatic rings. The van der Waals surface area contributed by atoms with Gasteiger partial charge in [0, 0.05) is 38.0 Å². The second-order valence-corrected chi connectivity index (χ2v) is 8.69. The maximum Gasteiger partial charge on any atom is 0.242 e. The molecule has 0 unspecified atom stereocenters. The van der Waals surface area contributed by atoms with Gasteiger partial charge in [0.05, 0.1) is 11.1 Å². The quantitative estimate of drug-likeness (QED) is 0.789. The molecule has 3 fully saturated rings. The Morgan fingerprint density at radius 3 is 2.64 bits per heavy atom. The molecule has 0 bridgehead atoms. The van der Waals surface area contributed by atoms with Gasteiger partial charge in [-0.2, -0.15) is 5.10 Å². The Kier molecular flexibility index (Phi) is 5.18. The molecule has 2 atom stereocenters. The lowest BCUT2D eigenvalue weighted by molar-refractivity contribution is -0.208. The predicted octanol–water partition coefficient (Wildman–Crippen LogP) is 0.700. The maximum absolute atomic E-state index is 12.5. The Morgan fingerprint density at radius 2 is 2.04 bits per heavy atom. The summed E-state index contributed by atoms with van der Waals surface area (Å²) in [6.07, 6.45) is 7.42. The molecule has 8 nitrogen and oxygen atoms in total. The number of aliphatic hydroxyl groups excluding tert-OH is 1. The number of nitrogens with one attached hydrogen (secondary N) is 1. The van der Waals surface area contributed by atoms with Crippen LogP contribution in [0.3, 0.4) is 0 Å². The molecular weight excluding hydrogens is 360 g/mol. The number of nitrogens with zero attached hydrogens (tertiary/aromatic N) is 3. The summed E-state index contributed by atoms with van der Waals surface area (Å²) in [6, 6.07) is 1.77. The first-order chi connectivity index (χ1) is 13.4. The number of aromatic nitrogens is 2. The van der Waals surface area contributed by atoms with Crippen LogP contribution in [0, 0.1) is 5.92 Å². The van der Waals surface area contributed by atoms with Gasteiger partial charge in [0.1, 0.15) is 12.6 Å². The summed E-state index contributed by atoms with van der Waals surface area (Å²) >= 11 is 0. The lowest BCUT2D eigenvalue weighted by Crippen LogP contribution is -2.69. The minimum Gasteiger partial charge on any atom is -0.388 e. The van der Waals surface area contributed by atoms with E-state index in [1.807, 2.05) is 11.8 Å². The van der Waals surface area contributed by atoms with Gasteiger partial charge in [-0.15, -0.1) is 0 Å². The monoisotopic (exact) mass is 390 g/mol. The van der Waals surface area contributed by atoms with E-state index in [2.05, 4.69) is 10.4 Å². The summed E-state index contributed by atoms with van der Waals surface area (Å²) in [5, 5.41) is 18.3. The zero-order valence-electron chi connectivity index (χ0n) is 16.5. The van der Waals surface area contributed by atoms with E-state index < -0.39 is 17.2 Å². The van der Waals surface area contributed by atoms with E-state index in [0.29, 0.717) is 39.0 Å². The number of hydrogen-bond donors (Lipinski definition) is 2. The number of carbonyl (C=O) groups is 2. The molecule has 1 spiro atoms. The molecule has 154 valence electrons. The number of piperidine rings is 1. The highest BCUT2D eigenvalue weighted by Crippen LogP contribution is 2.40. The minimum absolute atomic E-state index is 0.118. The van der Waals surface area contributed by atoms with Crippen molar-refractivity contribution in [3.05, 3.63) is 18.5 Å². The number of aliphatic hydroxyl groups is 1. The topological polar surface area (TPSA) is 96.7 Å². The van der Waals surface area contributed by atoms with Gasteiger partial charge in [-0.3, -0.25) is 14.3 Å². The van der Waals surface area contributed by atoms with Crippen LogP contribution in [0.1, 0.15) is 45.4 Å². The van der Waals surface area contributed by atoms with Crippen molar-refractivity contribution < 1.29 is 19.4 Å². The van der Waals surface area contributed by atoms with Crippen LogP contribution in [0.2, 0.25) is 0 Å². The van der Waals surface area contributed by atoms with Crippen LogP contribution in [-0.4, -0.2) is 68.5 Å². The first kappa shape index (κ1) is 19.4. The third-order valence-electron chi connectivity index (χ3n) is 6.78. The van der Waals surface area contributed by atoms with Crippen LogP contribution in [0.4, 0.5) is 0 Å². The molecule has 28 heavy (non-hydrogen) atoms. The third-order valence-corrected chi connectivity index (χ3v) is 6.78. The van der Waals surface area contributed by atoms with E-state index >= 15 is 0 Å². The molecule has 4 rings (SSSR count). The molecule has 0 aromatic carbocycles. The summed E-state index contributed by atoms with van der Waals surface area (Å²) in [6.45, 7) is 3.68. The summed E-state index contributed by atoms with van der Waals surface area (Å²) in [7, 11) is 0. The van der Waals surface area contributed by atoms with E-state index in [1.165, 1.54) is 0 Å². The number of carbonyl (C=O) groups excluding carboxylic acids is 2. The van der Waals surface area contributed by atoms with Gasteiger partial charge in [-0.05, 0) is 45.1 Å². The Morgan fingerprint density at radius 1 is 1.29 bits per heavy atom. The van der Waals surface area contributed by atoms with Gasteiger partial charge in [0.25, 0.3) is 0 Å². The molecule has 3 aliphatic rings. The second kappa shape index (κ2) is 7.48. The van der Waals surface area contributed by atoms with Crippen LogP contribution in [-0.2, 0) is 20.9 Å². The van der Waals surface area contributed by atoms with Crippen LogP contribution in [0.15, 0.2) is 18.5 Å². The van der Waals surface area contributed by atoms with Crippen molar-refractivity contribution in [1.29, 1.82) is 0 Å². The van der Waals surface area contributed by atoms with Crippen LogP contribution < -0.4 is 5.32 Å². The predicted molar refractivity (Wildman–Crippen MR) is 101 cm³/mol. The Bertz CT molecular complexity index is 710. The van der Waals surface area contributed by atoms with Gasteiger partial charge in [-0.25, -0.2) is 0 Å². The summed E-state index contributed by atoms with van der Waals surface area (Å²) < 4.78 is 7.63. The van der Waals surface area contributed by atoms with Gasteiger partial charge < -0.3 is 20.1 Å². The number of rotatable bonds is 4. The molecule has 1 aliphatic carbocycles. The summed E-state index contributed by atoms with van der Waals surface area (Å²) in [5.41, 5.74) is -1.47. The normalized spacial score (nSPS) is 30.1. The Balaban J connectivity index is 1.38. The standard InChI is InChI=1S/C20H30N4O4/c1-19(22-16(25)14-24-10-3-9-21-24)8-13-28-20(18(19)27)6-11-23(12-7-20)17(26)15-4-2-5-15/h3,9-10,15,18,27H,2,4-8,11-14H2,1H3,(H,22,25)/t18-,19+/m0/s1. The van der Waals surface area contributed by atoms with Crippen molar-refractivity contribution in [1.82, 2.24) is 20.0 Å². The fourth-order valence-corrected chi connectivity index (χ4v) is 4.73. The first-order valence-corrected chi connectivity index (χ1v) is 10.3. The van der Waals surface area contributed by atoms with Gasteiger partial charge in [-0.1, -0.05) is 6.42 Å². The molecule has 0 radical (unpaired) electrons. The molecule has 8 heteroatoms. The molecule has 1 saturated carbocycles. The average Bonchev–Trinajstić information content (AvgIpc) is 3.11. The summed E-state index contributed by atoms with van der Waals surface area (Å²) in [4.78, 5) is 26.9. The molecule has 2 aliphatic heterocycles. The smallest absolute Gasteiger partial charge is 0.242 e. The van der Waals surface area contributed by atoms with Crippen molar-refractivity contribution in [2.75, 3.05) is 19.7 Å². The number of likely N-dealkylation sites (tertiary alicyclic amines) is 1. The highest BCUT2D eigenvalue weighted by molar-refractivity contribution is 5.79.